The molecule has 176 valence electrons. The van der Waals surface area contributed by atoms with E-state index in [9.17, 15) is 4.79 Å². The van der Waals surface area contributed by atoms with Gasteiger partial charge in [0.15, 0.2) is 0 Å². The van der Waals surface area contributed by atoms with Crippen molar-refractivity contribution in [1.29, 1.82) is 0 Å². The highest BCUT2D eigenvalue weighted by atomic mass is 35.5. The Bertz CT molecular complexity index is 1490. The molecule has 0 aliphatic heterocycles. The van der Waals surface area contributed by atoms with Crippen LogP contribution >= 0.6 is 11.6 Å². The summed E-state index contributed by atoms with van der Waals surface area (Å²) in [6.07, 6.45) is 4.99. The zero-order chi connectivity index (χ0) is 24.4. The van der Waals surface area contributed by atoms with Crippen LogP contribution in [0.1, 0.15) is 32.7 Å². The first-order valence-electron chi connectivity index (χ1n) is 11.6. The Morgan fingerprint density at radius 3 is 2.46 bits per heavy atom. The molecule has 3 aromatic carbocycles. The Labute approximate surface area is 209 Å². The highest BCUT2D eigenvalue weighted by Gasteiger charge is 2.17. The number of carbonyl (C=O) groups is 1. The molecule has 2 heterocycles. The van der Waals surface area contributed by atoms with Gasteiger partial charge in [-0.15, -0.1) is 10.2 Å². The smallest absolute Gasteiger partial charge is 0.254 e. The number of benzene rings is 3. The molecule has 0 radical (unpaired) electrons. The van der Waals surface area contributed by atoms with E-state index in [1.54, 1.807) is 29.4 Å². The number of aryl methyl sites for hydroxylation is 3. The number of fused-ring (bicyclic) bond motifs is 1. The van der Waals surface area contributed by atoms with E-state index in [0.29, 0.717) is 17.3 Å². The van der Waals surface area contributed by atoms with Gasteiger partial charge in [-0.2, -0.15) is 0 Å². The van der Waals surface area contributed by atoms with Gasteiger partial charge in [-0.05, 0) is 68.1 Å². The monoisotopic (exact) mass is 483 g/mol. The van der Waals surface area contributed by atoms with Crippen molar-refractivity contribution in [3.05, 3.63) is 112 Å². The Morgan fingerprint density at radius 1 is 0.943 bits per heavy atom. The SMILES string of the molecule is Cc1ccc2c(c1)c(C)c(CCc1ccccc1)n2CNC(=O)c1ccc(-n2cnnc2)cc1Cl. The van der Waals surface area contributed by atoms with Crippen molar-refractivity contribution in [3.8, 4) is 5.69 Å². The van der Waals surface area contributed by atoms with Crippen molar-refractivity contribution in [3.63, 3.8) is 0 Å². The summed E-state index contributed by atoms with van der Waals surface area (Å²) in [4.78, 5) is 13.1. The van der Waals surface area contributed by atoms with Gasteiger partial charge in [0.25, 0.3) is 5.91 Å². The highest BCUT2D eigenvalue weighted by molar-refractivity contribution is 6.34. The van der Waals surface area contributed by atoms with Crippen molar-refractivity contribution in [1.82, 2.24) is 24.6 Å². The number of rotatable bonds is 7. The number of halogens is 1. The van der Waals surface area contributed by atoms with E-state index >= 15 is 0 Å². The summed E-state index contributed by atoms with van der Waals surface area (Å²) < 4.78 is 3.95. The standard InChI is InChI=1S/C28H26ClN5O/c1-19-8-12-27-24(14-19)20(2)26(13-9-21-6-4-3-5-7-21)34(27)16-30-28(35)23-11-10-22(15-25(23)29)33-17-31-32-18-33/h3-8,10-12,14-15,17-18H,9,13,16H2,1-2H3,(H,30,35). The fraction of sp³-hybridized carbons (Fsp3) is 0.179. The molecule has 35 heavy (non-hydrogen) atoms. The van der Waals surface area contributed by atoms with E-state index in [1.807, 2.05) is 12.1 Å². The number of hydrogen-bond acceptors (Lipinski definition) is 3. The van der Waals surface area contributed by atoms with Crippen LogP contribution in [0.5, 0.6) is 0 Å². The Morgan fingerprint density at radius 2 is 1.71 bits per heavy atom. The largest absolute Gasteiger partial charge is 0.334 e. The first-order valence-corrected chi connectivity index (χ1v) is 11.9. The van der Waals surface area contributed by atoms with Crippen molar-refractivity contribution >= 4 is 28.4 Å². The minimum atomic E-state index is -0.217. The topological polar surface area (TPSA) is 64.7 Å². The lowest BCUT2D eigenvalue weighted by atomic mass is 10.0. The molecule has 2 aromatic heterocycles. The van der Waals surface area contributed by atoms with Gasteiger partial charge < -0.3 is 9.88 Å². The summed E-state index contributed by atoms with van der Waals surface area (Å²) in [7, 11) is 0. The minimum absolute atomic E-state index is 0.217. The summed E-state index contributed by atoms with van der Waals surface area (Å²) in [6.45, 7) is 4.63. The van der Waals surface area contributed by atoms with E-state index in [-0.39, 0.29) is 5.91 Å². The van der Waals surface area contributed by atoms with Gasteiger partial charge >= 0.3 is 0 Å². The van der Waals surface area contributed by atoms with Gasteiger partial charge in [0.05, 0.1) is 22.8 Å². The number of amides is 1. The molecule has 1 N–H and O–H groups in total. The Balaban J connectivity index is 1.40. The fourth-order valence-electron chi connectivity index (χ4n) is 4.53. The number of nitrogens with zero attached hydrogens (tertiary/aromatic N) is 4. The molecule has 6 nitrogen and oxygen atoms in total. The quantitative estimate of drug-likeness (QED) is 0.324. The molecule has 0 bridgehead atoms. The van der Waals surface area contributed by atoms with E-state index < -0.39 is 0 Å². The van der Waals surface area contributed by atoms with Crippen molar-refractivity contribution in [2.75, 3.05) is 0 Å². The molecule has 5 rings (SSSR count). The van der Waals surface area contributed by atoms with Gasteiger partial charge in [-0.1, -0.05) is 53.6 Å². The van der Waals surface area contributed by atoms with Crippen LogP contribution < -0.4 is 5.32 Å². The van der Waals surface area contributed by atoms with Crippen LogP contribution in [0, 0.1) is 13.8 Å². The van der Waals surface area contributed by atoms with Crippen LogP contribution in [-0.2, 0) is 19.5 Å². The predicted octanol–water partition coefficient (Wildman–Crippen LogP) is 5.66. The third-order valence-electron chi connectivity index (χ3n) is 6.41. The number of nitrogens with one attached hydrogen (secondary N) is 1. The molecule has 5 aromatic rings. The maximum Gasteiger partial charge on any atom is 0.254 e. The summed E-state index contributed by atoms with van der Waals surface area (Å²) in [5.41, 5.74) is 7.33. The normalized spacial score (nSPS) is 11.2. The first kappa shape index (κ1) is 22.9. The lowest BCUT2D eigenvalue weighted by molar-refractivity contribution is 0.0942. The van der Waals surface area contributed by atoms with Gasteiger partial charge in [-0.3, -0.25) is 9.36 Å². The number of hydrogen-bond donors (Lipinski definition) is 1. The van der Waals surface area contributed by atoms with Crippen LogP contribution in [0.4, 0.5) is 0 Å². The van der Waals surface area contributed by atoms with E-state index in [1.165, 1.54) is 27.8 Å². The summed E-state index contributed by atoms with van der Waals surface area (Å²) >= 11 is 6.47. The van der Waals surface area contributed by atoms with Crippen molar-refractivity contribution in [2.45, 2.75) is 33.4 Å². The average Bonchev–Trinajstić information content (AvgIpc) is 3.49. The van der Waals surface area contributed by atoms with Crippen molar-refractivity contribution < 1.29 is 4.79 Å². The van der Waals surface area contributed by atoms with Gasteiger partial charge in [-0.25, -0.2) is 0 Å². The molecule has 0 aliphatic rings. The van der Waals surface area contributed by atoms with Crippen LogP contribution in [0.25, 0.3) is 16.6 Å². The molecule has 0 saturated heterocycles. The first-order chi connectivity index (χ1) is 17.0. The molecule has 0 spiro atoms. The van der Waals surface area contributed by atoms with Crippen molar-refractivity contribution in [2.24, 2.45) is 0 Å². The maximum atomic E-state index is 13.1. The maximum absolute atomic E-state index is 13.1. The molecule has 0 aliphatic carbocycles. The van der Waals surface area contributed by atoms with Gasteiger partial charge in [0, 0.05) is 16.8 Å². The molecule has 0 saturated carbocycles. The summed E-state index contributed by atoms with van der Waals surface area (Å²) in [5, 5.41) is 12.3. The third-order valence-corrected chi connectivity index (χ3v) is 6.72. The predicted molar refractivity (Wildman–Crippen MR) is 139 cm³/mol. The average molecular weight is 484 g/mol. The second kappa shape index (κ2) is 9.76. The lowest BCUT2D eigenvalue weighted by Gasteiger charge is -2.14. The second-order valence-electron chi connectivity index (χ2n) is 8.70. The summed E-state index contributed by atoms with van der Waals surface area (Å²) in [6, 6.07) is 22.2. The molecule has 0 unspecified atom stereocenters. The minimum Gasteiger partial charge on any atom is -0.334 e. The van der Waals surface area contributed by atoms with Crippen LogP contribution in [0.15, 0.2) is 79.4 Å². The van der Waals surface area contributed by atoms with Crippen LogP contribution in [0.2, 0.25) is 5.02 Å². The van der Waals surface area contributed by atoms with Crippen LogP contribution in [0.3, 0.4) is 0 Å². The van der Waals surface area contributed by atoms with E-state index in [2.05, 4.69) is 76.4 Å². The number of aromatic nitrogens is 4. The highest BCUT2D eigenvalue weighted by Crippen LogP contribution is 2.28. The Hall–Kier alpha value is -3.90. The molecular weight excluding hydrogens is 458 g/mol. The third kappa shape index (κ3) is 4.70. The molecule has 1 amide bonds. The van der Waals surface area contributed by atoms with Gasteiger partial charge in [0.1, 0.15) is 12.7 Å². The fourth-order valence-corrected chi connectivity index (χ4v) is 4.79. The van der Waals surface area contributed by atoms with E-state index in [0.717, 1.165) is 24.0 Å². The van der Waals surface area contributed by atoms with Crippen LogP contribution in [-0.4, -0.2) is 25.2 Å². The Kier molecular flexibility index (Phi) is 6.38. The second-order valence-corrected chi connectivity index (χ2v) is 9.11. The molecule has 7 heteroatoms. The summed E-state index contributed by atoms with van der Waals surface area (Å²) in [5.74, 6) is -0.217. The lowest BCUT2D eigenvalue weighted by Crippen LogP contribution is -2.27. The zero-order valence-electron chi connectivity index (χ0n) is 19.7. The number of carbonyl (C=O) groups excluding carboxylic acids is 1. The molecule has 0 fully saturated rings. The molecule has 0 atom stereocenters. The van der Waals surface area contributed by atoms with Gasteiger partial charge in [0.2, 0.25) is 0 Å². The zero-order valence-corrected chi connectivity index (χ0v) is 20.5. The van der Waals surface area contributed by atoms with E-state index in [4.69, 9.17) is 11.6 Å². The molecular formula is C28H26ClN5O.